The largest absolute Gasteiger partial charge is 0.457 e. The van der Waals surface area contributed by atoms with Crippen LogP contribution >= 0.6 is 0 Å². The Bertz CT molecular complexity index is 4740. The van der Waals surface area contributed by atoms with E-state index in [-0.39, 0.29) is 39.5 Å². The molecule has 11 aromatic rings. The number of hydrogen-bond donors (Lipinski definition) is 0. The number of pyridine rings is 1. The van der Waals surface area contributed by atoms with Crippen LogP contribution in [0.2, 0.25) is 0 Å². The Morgan fingerprint density at radius 2 is 0.988 bits per heavy atom. The van der Waals surface area contributed by atoms with Gasteiger partial charge in [-0.1, -0.05) is 244 Å². The number of rotatable bonds is 8. The molecule has 0 radical (unpaired) electrons. The summed E-state index contributed by atoms with van der Waals surface area (Å²) in [6.45, 7) is 17.6. The molecular weight excluding hydrogens is 1050 g/mol. The molecule has 3 aliphatic heterocycles. The summed E-state index contributed by atoms with van der Waals surface area (Å²) >= 11 is 0. The third-order valence-electron chi connectivity index (χ3n) is 17.5. The van der Waals surface area contributed by atoms with Crippen molar-refractivity contribution in [1.82, 2.24) is 4.98 Å². The zero-order chi connectivity index (χ0) is 65.4. The van der Waals surface area contributed by atoms with E-state index in [9.17, 15) is 2.74 Å². The maximum atomic E-state index is 9.37. The van der Waals surface area contributed by atoms with Gasteiger partial charge in [0.05, 0.1) is 29.6 Å². The lowest BCUT2D eigenvalue weighted by Crippen LogP contribution is -2.75. The van der Waals surface area contributed by atoms with Crippen molar-refractivity contribution in [2.75, 3.05) is 21.4 Å². The lowest BCUT2D eigenvalue weighted by molar-refractivity contribution is 0.483. The SMILES string of the molecule is [2H]c1c([2H])c([2H])c(-c2cccc(-c3cc(C(C)(C)C)cc(C(C)(C)C)c3)c2N2CN(c3cccc(Oc4ccc5c(c4)N(c4cc(C([2H])([2H])[2H])c(-c6ccc(C(C)(C)C)cc6)cn4)c4ccccc4[Si]54c5ccccc5-c5ccccc54)c3)c3ccccc32)c([2H])c1[2H]. The molecule has 0 bridgehead atoms. The second-order valence-corrected chi connectivity index (χ2v) is 29.5. The average molecular weight is 1130 g/mol. The first kappa shape index (κ1) is 45.2. The Labute approximate surface area is 514 Å². The first-order chi connectivity index (χ1) is 44.2. The topological polar surface area (TPSA) is 31.8 Å². The molecule has 0 atom stereocenters. The molecule has 0 aliphatic carbocycles. The van der Waals surface area contributed by atoms with Crippen molar-refractivity contribution in [3.05, 3.63) is 265 Å². The van der Waals surface area contributed by atoms with Crippen molar-refractivity contribution in [2.24, 2.45) is 0 Å². The fourth-order valence-corrected chi connectivity index (χ4v) is 18.6. The van der Waals surface area contributed by atoms with Crippen LogP contribution in [-0.2, 0) is 16.2 Å². The zero-order valence-electron chi connectivity index (χ0n) is 57.6. The summed E-state index contributed by atoms with van der Waals surface area (Å²) in [6, 6.07) is 69.5. The van der Waals surface area contributed by atoms with Crippen LogP contribution in [0.15, 0.2) is 243 Å². The average Bonchev–Trinajstić information content (AvgIpc) is 1.59. The molecule has 0 saturated carbocycles. The van der Waals surface area contributed by atoms with Crippen LogP contribution in [0, 0.1) is 6.85 Å². The molecule has 3 aliphatic rings. The molecule has 0 unspecified atom stereocenters. The number of aromatic nitrogens is 1. The van der Waals surface area contributed by atoms with E-state index in [0.717, 1.165) is 67.0 Å². The molecule has 0 saturated heterocycles. The van der Waals surface area contributed by atoms with Crippen molar-refractivity contribution in [3.63, 3.8) is 0 Å². The molecule has 6 heteroatoms. The van der Waals surface area contributed by atoms with Gasteiger partial charge in [-0.15, -0.1) is 0 Å². The summed E-state index contributed by atoms with van der Waals surface area (Å²) < 4.78 is 79.3. The number of hydrogen-bond acceptors (Lipinski definition) is 5. The standard InChI is InChI=1S/C79H72N4OSi/c1-52-44-75(80-50-66(52)54-38-40-56(41-39-54)77(2,3)4)83-69-34-18-21-37-73(69)85(71-35-19-14-28-64(71)65-29-15-20-36-72(65)85)74-43-42-61(49-70(74)83)84-60-27-22-26-59(48-60)81-51-82(68-33-17-16-32-67(68)81)76-62(53-24-12-11-13-25-53)30-23-31-63(76)55-45-57(78(5,6)7)47-58(46-55)79(8,9)10/h11-50H,51H2,1-10H3/i1D3,11D,12D,13D,24D,25D. The molecule has 1 aromatic heterocycles. The van der Waals surface area contributed by atoms with E-state index < -0.39 is 33.1 Å². The predicted molar refractivity (Wildman–Crippen MR) is 361 cm³/mol. The second kappa shape index (κ2) is 20.2. The van der Waals surface area contributed by atoms with Gasteiger partial charge in [-0.3, -0.25) is 4.90 Å². The molecule has 0 N–H and O–H groups in total. The summed E-state index contributed by atoms with van der Waals surface area (Å²) in [4.78, 5) is 11.8. The van der Waals surface area contributed by atoms with E-state index in [1.165, 1.54) is 26.7 Å². The second-order valence-electron chi connectivity index (χ2n) is 25.9. The van der Waals surface area contributed by atoms with Gasteiger partial charge in [0.1, 0.15) is 24.0 Å². The van der Waals surface area contributed by atoms with Crippen molar-refractivity contribution < 1.29 is 15.7 Å². The maximum Gasteiger partial charge on any atom is 0.185 e. The Hall–Kier alpha value is -9.23. The molecule has 1 spiro atoms. The van der Waals surface area contributed by atoms with Gasteiger partial charge < -0.3 is 14.5 Å². The maximum absolute atomic E-state index is 9.37. The summed E-state index contributed by atoms with van der Waals surface area (Å²) in [6.07, 6.45) is 1.72. The van der Waals surface area contributed by atoms with Gasteiger partial charge in [-0.25, -0.2) is 4.98 Å². The molecule has 4 heterocycles. The van der Waals surface area contributed by atoms with Crippen LogP contribution in [0.4, 0.5) is 39.9 Å². The molecule has 0 amide bonds. The summed E-state index contributed by atoms with van der Waals surface area (Å²) in [5, 5.41) is 4.85. The highest BCUT2D eigenvalue weighted by Crippen LogP contribution is 2.52. The van der Waals surface area contributed by atoms with E-state index >= 15 is 0 Å². The Morgan fingerprint density at radius 1 is 0.435 bits per heavy atom. The Kier molecular flexibility index (Phi) is 10.8. The highest BCUT2D eigenvalue weighted by Gasteiger charge is 2.54. The van der Waals surface area contributed by atoms with E-state index in [4.69, 9.17) is 17.9 Å². The summed E-state index contributed by atoms with van der Waals surface area (Å²) in [5.74, 6) is 1.61. The highest BCUT2D eigenvalue weighted by atomic mass is 28.3. The molecule has 418 valence electrons. The first-order valence-electron chi connectivity index (χ1n) is 33.4. The molecule has 0 fully saturated rings. The fraction of sp³-hybridized carbons (Fsp3) is 0.177. The smallest absolute Gasteiger partial charge is 0.185 e. The van der Waals surface area contributed by atoms with Gasteiger partial charge in [0.15, 0.2) is 8.07 Å². The third-order valence-corrected chi connectivity index (χ3v) is 22.4. The quantitative estimate of drug-likeness (QED) is 0.142. The molecular formula is C79H72N4OSi. The number of anilines is 7. The van der Waals surface area contributed by atoms with Crippen LogP contribution in [0.1, 0.15) is 95.5 Å². The van der Waals surface area contributed by atoms with Crippen molar-refractivity contribution in [3.8, 4) is 56.0 Å². The van der Waals surface area contributed by atoms with Gasteiger partial charge in [-0.05, 0) is 136 Å². The number of ether oxygens (including phenoxy) is 1. The normalized spacial score (nSPS) is 15.5. The monoisotopic (exact) mass is 1130 g/mol. The lowest BCUT2D eigenvalue weighted by Gasteiger charge is -2.43. The molecule has 10 aromatic carbocycles. The summed E-state index contributed by atoms with van der Waals surface area (Å²) in [5.41, 5.74) is 14.4. The fourth-order valence-electron chi connectivity index (χ4n) is 13.1. The van der Waals surface area contributed by atoms with Crippen LogP contribution in [0.5, 0.6) is 11.5 Å². The highest BCUT2D eigenvalue weighted by molar-refractivity contribution is 7.23. The molecule has 85 heavy (non-hydrogen) atoms. The number of para-hydroxylation sites is 4. The van der Waals surface area contributed by atoms with Crippen LogP contribution in [0.3, 0.4) is 0 Å². The first-order valence-corrected chi connectivity index (χ1v) is 31.4. The Balaban J connectivity index is 0.909. The third kappa shape index (κ3) is 9.08. The van der Waals surface area contributed by atoms with Crippen molar-refractivity contribution in [1.29, 1.82) is 0 Å². The van der Waals surface area contributed by atoms with Crippen molar-refractivity contribution >= 4 is 68.8 Å². The van der Waals surface area contributed by atoms with E-state index in [2.05, 4.69) is 217 Å². The van der Waals surface area contributed by atoms with Gasteiger partial charge in [0, 0.05) is 50.5 Å². The zero-order valence-corrected chi connectivity index (χ0v) is 50.6. The van der Waals surface area contributed by atoms with Gasteiger partial charge in [-0.2, -0.15) is 0 Å². The lowest BCUT2D eigenvalue weighted by atomic mass is 9.78. The minimum absolute atomic E-state index is 0.0852. The van der Waals surface area contributed by atoms with E-state index in [0.29, 0.717) is 40.8 Å². The molecule has 5 nitrogen and oxygen atoms in total. The van der Waals surface area contributed by atoms with E-state index in [1.54, 1.807) is 12.3 Å². The van der Waals surface area contributed by atoms with E-state index in [1.807, 2.05) is 60.7 Å². The van der Waals surface area contributed by atoms with Gasteiger partial charge in [0.25, 0.3) is 0 Å². The number of aryl methyl sites for hydroxylation is 1. The predicted octanol–water partition coefficient (Wildman–Crippen LogP) is 18.5. The van der Waals surface area contributed by atoms with Crippen LogP contribution < -0.4 is 40.2 Å². The minimum Gasteiger partial charge on any atom is -0.457 e. The minimum atomic E-state index is -3.11. The van der Waals surface area contributed by atoms with Gasteiger partial charge >= 0.3 is 0 Å². The number of nitrogens with zero attached hydrogens (tertiary/aromatic N) is 4. The number of fused-ring (bicyclic) bond motifs is 10. The van der Waals surface area contributed by atoms with Gasteiger partial charge in [0.2, 0.25) is 0 Å². The van der Waals surface area contributed by atoms with Crippen LogP contribution in [0.25, 0.3) is 44.5 Å². The van der Waals surface area contributed by atoms with Crippen molar-refractivity contribution in [2.45, 2.75) is 85.4 Å². The Morgan fingerprint density at radius 3 is 1.64 bits per heavy atom. The molecule has 14 rings (SSSR count). The van der Waals surface area contributed by atoms with Crippen LogP contribution in [-0.4, -0.2) is 19.7 Å². The number of benzene rings is 10. The summed E-state index contributed by atoms with van der Waals surface area (Å²) in [7, 11) is -3.11.